The quantitative estimate of drug-likeness (QED) is 0.511. The van der Waals surface area contributed by atoms with Crippen LogP contribution in [0.4, 0.5) is 0 Å². The van der Waals surface area contributed by atoms with E-state index < -0.39 is 5.56 Å². The number of hydrogen-bond donors (Lipinski definition) is 0. The van der Waals surface area contributed by atoms with Crippen molar-refractivity contribution in [2.24, 2.45) is 7.05 Å². The van der Waals surface area contributed by atoms with Crippen LogP contribution in [-0.4, -0.2) is 21.2 Å². The topological polar surface area (TPSA) is 72.8 Å². The number of pyridine rings is 2. The molecule has 0 aliphatic heterocycles. The van der Waals surface area contributed by atoms with Gasteiger partial charge < -0.3 is 9.30 Å². The summed E-state index contributed by atoms with van der Waals surface area (Å²) in [6.07, 6.45) is 1.52. The number of halogens is 1. The molecule has 0 amide bonds. The van der Waals surface area contributed by atoms with E-state index in [1.165, 1.54) is 10.8 Å². The highest BCUT2D eigenvalue weighted by Gasteiger charge is 2.18. The number of aromatic nitrogens is 3. The van der Waals surface area contributed by atoms with Crippen molar-refractivity contribution in [1.82, 2.24) is 14.1 Å². The number of fused-ring (bicyclic) bond motifs is 3. The van der Waals surface area contributed by atoms with Crippen LogP contribution in [0.2, 0.25) is 5.15 Å². The lowest BCUT2D eigenvalue weighted by Gasteiger charge is -2.09. The predicted molar refractivity (Wildman–Crippen MR) is 100 cm³/mol. The molecule has 0 N–H and O–H groups in total. The molecule has 3 heterocycles. The van der Waals surface area contributed by atoms with Crippen molar-refractivity contribution in [3.8, 4) is 17.5 Å². The van der Waals surface area contributed by atoms with E-state index >= 15 is 0 Å². The molecular weight excluding hydrogens is 352 g/mol. The molecular formula is C19H13ClN4O2. The van der Waals surface area contributed by atoms with Gasteiger partial charge in [-0.1, -0.05) is 11.6 Å². The Morgan fingerprint density at radius 2 is 2.00 bits per heavy atom. The van der Waals surface area contributed by atoms with Crippen LogP contribution in [0.1, 0.15) is 5.56 Å². The average Bonchev–Trinajstić information content (AvgIpc) is 2.93. The number of nitriles is 1. The number of benzene rings is 1. The fourth-order valence-electron chi connectivity index (χ4n) is 3.20. The second-order valence-corrected chi connectivity index (χ2v) is 6.21. The maximum Gasteiger partial charge on any atom is 0.273 e. The highest BCUT2D eigenvalue weighted by Crippen LogP contribution is 2.32. The Labute approximate surface area is 153 Å². The third-order valence-corrected chi connectivity index (χ3v) is 4.68. The van der Waals surface area contributed by atoms with Gasteiger partial charge in [0.15, 0.2) is 0 Å². The molecule has 0 aliphatic carbocycles. The Kier molecular flexibility index (Phi) is 3.67. The highest BCUT2D eigenvalue weighted by molar-refractivity contribution is 6.29. The van der Waals surface area contributed by atoms with Crippen LogP contribution < -0.4 is 10.3 Å². The fourth-order valence-corrected chi connectivity index (χ4v) is 3.31. The van der Waals surface area contributed by atoms with Gasteiger partial charge in [0.2, 0.25) is 0 Å². The molecule has 0 fully saturated rings. The van der Waals surface area contributed by atoms with E-state index in [0.29, 0.717) is 22.1 Å². The summed E-state index contributed by atoms with van der Waals surface area (Å²) < 4.78 is 8.79. The van der Waals surface area contributed by atoms with E-state index in [-0.39, 0.29) is 5.56 Å². The summed E-state index contributed by atoms with van der Waals surface area (Å²) in [5.41, 5.74) is 2.57. The maximum atomic E-state index is 12.9. The van der Waals surface area contributed by atoms with Gasteiger partial charge in [0.05, 0.1) is 35.5 Å². The third kappa shape index (κ3) is 2.25. The summed E-state index contributed by atoms with van der Waals surface area (Å²) in [6.45, 7) is 0. The number of aryl methyl sites for hydroxylation is 1. The van der Waals surface area contributed by atoms with Gasteiger partial charge >= 0.3 is 0 Å². The second kappa shape index (κ2) is 5.90. The van der Waals surface area contributed by atoms with Gasteiger partial charge in [0.1, 0.15) is 22.5 Å². The van der Waals surface area contributed by atoms with Crippen LogP contribution in [0.15, 0.2) is 47.4 Å². The van der Waals surface area contributed by atoms with Crippen molar-refractivity contribution in [3.05, 3.63) is 63.7 Å². The Morgan fingerprint density at radius 3 is 2.65 bits per heavy atom. The zero-order valence-corrected chi connectivity index (χ0v) is 14.8. The van der Waals surface area contributed by atoms with E-state index in [0.717, 1.165) is 16.4 Å². The highest BCUT2D eigenvalue weighted by atomic mass is 35.5. The number of rotatable bonds is 2. The van der Waals surface area contributed by atoms with E-state index in [9.17, 15) is 10.1 Å². The monoisotopic (exact) mass is 364 g/mol. The molecule has 0 saturated heterocycles. The number of hydrogen-bond acceptors (Lipinski definition) is 4. The third-order valence-electron chi connectivity index (χ3n) is 4.45. The summed E-state index contributed by atoms with van der Waals surface area (Å²) in [5, 5.41) is 10.6. The van der Waals surface area contributed by atoms with Gasteiger partial charge in [0, 0.05) is 12.4 Å². The number of ether oxygens (including phenoxy) is 1. The molecule has 0 saturated carbocycles. The molecule has 3 aromatic heterocycles. The van der Waals surface area contributed by atoms with Gasteiger partial charge in [-0.15, -0.1) is 0 Å². The Bertz CT molecular complexity index is 1260. The van der Waals surface area contributed by atoms with Crippen LogP contribution in [-0.2, 0) is 7.05 Å². The van der Waals surface area contributed by atoms with Crippen molar-refractivity contribution in [2.75, 3.05) is 7.11 Å². The van der Waals surface area contributed by atoms with Gasteiger partial charge in [-0.25, -0.2) is 4.98 Å². The molecule has 4 aromatic rings. The van der Waals surface area contributed by atoms with E-state index in [1.807, 2.05) is 35.9 Å². The smallest absolute Gasteiger partial charge is 0.273 e. The van der Waals surface area contributed by atoms with Gasteiger partial charge in [-0.3, -0.25) is 9.36 Å². The molecule has 0 aliphatic rings. The number of methoxy groups -OCH3 is 1. The maximum absolute atomic E-state index is 12.9. The SMILES string of the molecule is COc1ccc2c(c1)c1c(cc(C#N)c(=O)n1-c1ccc(Cl)nc1)n2C. The lowest BCUT2D eigenvalue weighted by molar-refractivity contribution is 0.415. The van der Waals surface area contributed by atoms with Crippen LogP contribution >= 0.6 is 11.6 Å². The van der Waals surface area contributed by atoms with Crippen molar-refractivity contribution < 1.29 is 4.74 Å². The zero-order valence-electron chi connectivity index (χ0n) is 14.0. The molecule has 26 heavy (non-hydrogen) atoms. The van der Waals surface area contributed by atoms with Crippen LogP contribution in [0.3, 0.4) is 0 Å². The molecule has 0 unspecified atom stereocenters. The summed E-state index contributed by atoms with van der Waals surface area (Å²) >= 11 is 5.88. The van der Waals surface area contributed by atoms with E-state index in [2.05, 4.69) is 4.98 Å². The molecule has 0 radical (unpaired) electrons. The molecule has 0 spiro atoms. The van der Waals surface area contributed by atoms with E-state index in [4.69, 9.17) is 16.3 Å². The molecule has 0 bridgehead atoms. The largest absolute Gasteiger partial charge is 0.497 e. The Balaban J connectivity index is 2.26. The molecule has 0 atom stereocenters. The molecule has 7 heteroatoms. The minimum Gasteiger partial charge on any atom is -0.497 e. The van der Waals surface area contributed by atoms with Crippen LogP contribution in [0, 0.1) is 11.3 Å². The normalized spacial score (nSPS) is 11.0. The van der Waals surface area contributed by atoms with Crippen molar-refractivity contribution >= 4 is 33.5 Å². The van der Waals surface area contributed by atoms with Gasteiger partial charge in [-0.05, 0) is 36.4 Å². The Morgan fingerprint density at radius 1 is 1.19 bits per heavy atom. The first kappa shape index (κ1) is 16.2. The standard InChI is InChI=1S/C19H13ClN4O2/c1-23-15-5-4-13(26-2)8-14(15)18-16(23)7-11(9-21)19(25)24(18)12-3-6-17(20)22-10-12/h3-8,10H,1-2H3. The summed E-state index contributed by atoms with van der Waals surface area (Å²) in [7, 11) is 3.49. The van der Waals surface area contributed by atoms with Gasteiger partial charge in [-0.2, -0.15) is 5.26 Å². The van der Waals surface area contributed by atoms with Crippen molar-refractivity contribution in [1.29, 1.82) is 5.26 Å². The van der Waals surface area contributed by atoms with Crippen molar-refractivity contribution in [3.63, 3.8) is 0 Å². The second-order valence-electron chi connectivity index (χ2n) is 5.83. The minimum absolute atomic E-state index is 0.0605. The predicted octanol–water partition coefficient (Wildman–Crippen LogP) is 3.41. The van der Waals surface area contributed by atoms with Crippen LogP contribution in [0.5, 0.6) is 5.75 Å². The molecule has 1 aromatic carbocycles. The number of nitrogens with zero attached hydrogens (tertiary/aromatic N) is 4. The summed E-state index contributed by atoms with van der Waals surface area (Å²) in [4.78, 5) is 17.0. The molecule has 6 nitrogen and oxygen atoms in total. The van der Waals surface area contributed by atoms with Crippen molar-refractivity contribution in [2.45, 2.75) is 0 Å². The lowest BCUT2D eigenvalue weighted by Crippen LogP contribution is -2.21. The zero-order chi connectivity index (χ0) is 18.4. The average molecular weight is 365 g/mol. The lowest BCUT2D eigenvalue weighted by atomic mass is 10.2. The van der Waals surface area contributed by atoms with Gasteiger partial charge in [0.25, 0.3) is 5.56 Å². The first-order valence-corrected chi connectivity index (χ1v) is 8.17. The summed E-state index contributed by atoms with van der Waals surface area (Å²) in [6, 6.07) is 12.6. The fraction of sp³-hybridized carbons (Fsp3) is 0.105. The van der Waals surface area contributed by atoms with Crippen LogP contribution in [0.25, 0.3) is 27.6 Å². The molecule has 4 rings (SSSR count). The molecule has 128 valence electrons. The first-order chi connectivity index (χ1) is 12.5. The minimum atomic E-state index is -0.403. The Hall–Kier alpha value is -3.30. The summed E-state index contributed by atoms with van der Waals surface area (Å²) in [5.74, 6) is 0.683. The first-order valence-electron chi connectivity index (χ1n) is 7.79. The van der Waals surface area contributed by atoms with E-state index in [1.54, 1.807) is 25.3 Å².